The fourth-order valence-electron chi connectivity index (χ4n) is 9.11. The van der Waals surface area contributed by atoms with E-state index in [1.165, 1.54) is 7.11 Å². The lowest BCUT2D eigenvalue weighted by Crippen LogP contribution is -2.55. The Kier molecular flexibility index (Phi) is 23.2. The Labute approximate surface area is 368 Å². The summed E-state index contributed by atoms with van der Waals surface area (Å²) in [7, 11) is 9.01. The SMILES string of the molecule is CC[C@H](C)[C@@H]([C@@H](CC(=O)N1CCC[C@H]1[C@H](OC)[C@@H](C)C(=O)N[C@@H](Cc1ccccc1)C(=O)O)OC)N(C)C(=O)[C@@H](CC(=O)[C@H](C(C)C)N(C)CCCCN(C)C(C)C)C(C)C. The largest absolute Gasteiger partial charge is 0.480 e. The topological polar surface area (TPSA) is 149 Å². The van der Waals surface area contributed by atoms with Crippen LogP contribution < -0.4 is 5.32 Å². The lowest BCUT2D eigenvalue weighted by atomic mass is 9.83. The summed E-state index contributed by atoms with van der Waals surface area (Å²) >= 11 is 0. The standard InChI is InChI=1S/C48H83N5O8/c1-15-34(8)44(52(12)47(57)37(31(2)3)29-40(54)43(32(4)5)51(11)26-20-19-25-50(10)33(6)7)41(60-13)30-42(55)53-27-21-24-39(53)45(61-14)35(9)46(56)49-38(48(58)59)28-36-22-17-16-18-23-36/h16-18,22-23,31-35,37-39,41,43-45H,15,19-21,24-30H2,1-14H3,(H,49,56)(H,58,59)/t34-,35+,37-,38-,39-,41+,43-,44-,45+/m0/s1. The third-order valence-corrected chi connectivity index (χ3v) is 13.3. The van der Waals surface area contributed by atoms with Crippen molar-refractivity contribution < 1.29 is 38.6 Å². The summed E-state index contributed by atoms with van der Waals surface area (Å²) in [5, 5.41) is 12.6. The average Bonchev–Trinajstić information content (AvgIpc) is 3.70. The summed E-state index contributed by atoms with van der Waals surface area (Å²) in [6.07, 6.45) is 3.05. The van der Waals surface area contributed by atoms with Gasteiger partial charge in [-0.05, 0) is 90.0 Å². The predicted octanol–water partition coefficient (Wildman–Crippen LogP) is 6.03. The summed E-state index contributed by atoms with van der Waals surface area (Å²) in [4.78, 5) is 76.8. The van der Waals surface area contributed by atoms with Crippen LogP contribution in [0, 0.1) is 29.6 Å². The monoisotopic (exact) mass is 858 g/mol. The van der Waals surface area contributed by atoms with Gasteiger partial charge in [-0.1, -0.05) is 85.2 Å². The van der Waals surface area contributed by atoms with Crippen molar-refractivity contribution in [3.8, 4) is 0 Å². The molecule has 1 aromatic carbocycles. The molecule has 1 aliphatic heterocycles. The van der Waals surface area contributed by atoms with E-state index in [4.69, 9.17) is 9.47 Å². The highest BCUT2D eigenvalue weighted by Gasteiger charge is 2.43. The molecular weight excluding hydrogens is 775 g/mol. The zero-order valence-electron chi connectivity index (χ0n) is 40.2. The molecule has 61 heavy (non-hydrogen) atoms. The molecule has 0 aliphatic carbocycles. The molecule has 2 N–H and O–H groups in total. The maximum absolute atomic E-state index is 14.6. The summed E-state index contributed by atoms with van der Waals surface area (Å²) in [6.45, 7) is 20.6. The Bertz CT molecular complexity index is 1510. The number of ether oxygens (including phenoxy) is 2. The average molecular weight is 858 g/mol. The van der Waals surface area contributed by atoms with Crippen LogP contribution in [0.1, 0.15) is 113 Å². The van der Waals surface area contributed by atoms with Gasteiger partial charge in [0.05, 0.1) is 42.7 Å². The molecule has 9 atom stereocenters. The van der Waals surface area contributed by atoms with Gasteiger partial charge in [0, 0.05) is 52.6 Å². The summed E-state index contributed by atoms with van der Waals surface area (Å²) in [5.74, 6) is -3.15. The van der Waals surface area contributed by atoms with Gasteiger partial charge in [0.25, 0.3) is 0 Å². The van der Waals surface area contributed by atoms with Crippen LogP contribution in [0.3, 0.4) is 0 Å². The molecule has 0 radical (unpaired) electrons. The molecular formula is C48H83N5O8. The Hall–Kier alpha value is -3.39. The molecule has 0 saturated carbocycles. The highest BCUT2D eigenvalue weighted by Crippen LogP contribution is 2.31. The van der Waals surface area contributed by atoms with E-state index in [0.29, 0.717) is 25.4 Å². The van der Waals surface area contributed by atoms with Crippen LogP contribution in [0.25, 0.3) is 0 Å². The maximum atomic E-state index is 14.6. The summed E-state index contributed by atoms with van der Waals surface area (Å²) < 4.78 is 12.0. The van der Waals surface area contributed by atoms with Crippen molar-refractivity contribution in [3.05, 3.63) is 35.9 Å². The minimum Gasteiger partial charge on any atom is -0.480 e. The van der Waals surface area contributed by atoms with Crippen LogP contribution in [0.5, 0.6) is 0 Å². The van der Waals surface area contributed by atoms with Crippen LogP contribution >= 0.6 is 0 Å². The number of amides is 3. The second-order valence-corrected chi connectivity index (χ2v) is 18.7. The van der Waals surface area contributed by atoms with E-state index in [1.807, 2.05) is 51.2 Å². The molecule has 1 saturated heterocycles. The first-order valence-electron chi connectivity index (χ1n) is 22.8. The smallest absolute Gasteiger partial charge is 0.326 e. The van der Waals surface area contributed by atoms with E-state index >= 15 is 0 Å². The maximum Gasteiger partial charge on any atom is 0.326 e. The van der Waals surface area contributed by atoms with Gasteiger partial charge in [-0.3, -0.25) is 24.1 Å². The number of likely N-dealkylation sites (N-methyl/N-ethyl adjacent to an activating group) is 2. The number of rotatable bonds is 28. The molecule has 2 rings (SSSR count). The van der Waals surface area contributed by atoms with Crippen LogP contribution in [-0.2, 0) is 39.9 Å². The van der Waals surface area contributed by atoms with Crippen molar-refractivity contribution in [1.29, 1.82) is 0 Å². The van der Waals surface area contributed by atoms with E-state index in [1.54, 1.807) is 30.9 Å². The van der Waals surface area contributed by atoms with Crippen molar-refractivity contribution >= 4 is 29.5 Å². The Morgan fingerprint density at radius 1 is 0.852 bits per heavy atom. The molecule has 13 heteroatoms. The minimum atomic E-state index is -1.13. The zero-order valence-corrected chi connectivity index (χ0v) is 40.2. The summed E-state index contributed by atoms with van der Waals surface area (Å²) in [5.41, 5.74) is 0.789. The number of hydrogen-bond donors (Lipinski definition) is 2. The van der Waals surface area contributed by atoms with Crippen molar-refractivity contribution in [2.24, 2.45) is 29.6 Å². The fraction of sp³-hybridized carbons (Fsp3) is 0.771. The second kappa shape index (κ2) is 26.3. The number of carbonyl (C=O) groups excluding carboxylic acids is 4. The number of methoxy groups -OCH3 is 2. The molecule has 13 nitrogen and oxygen atoms in total. The molecule has 1 aromatic rings. The molecule has 0 spiro atoms. The van der Waals surface area contributed by atoms with Gasteiger partial charge < -0.3 is 34.6 Å². The van der Waals surface area contributed by atoms with Crippen molar-refractivity contribution in [3.63, 3.8) is 0 Å². The number of carboxylic acid groups (broad SMARTS) is 1. The number of aliphatic carboxylic acids is 1. The van der Waals surface area contributed by atoms with Crippen molar-refractivity contribution in [2.75, 3.05) is 55.0 Å². The normalized spacial score (nSPS) is 18.5. The molecule has 1 heterocycles. The van der Waals surface area contributed by atoms with Gasteiger partial charge in [0.1, 0.15) is 6.04 Å². The minimum absolute atomic E-state index is 0.00720. The number of unbranched alkanes of at least 4 members (excludes halogenated alkanes) is 1. The van der Waals surface area contributed by atoms with Gasteiger partial charge in [-0.15, -0.1) is 0 Å². The first-order valence-corrected chi connectivity index (χ1v) is 22.8. The number of nitrogens with zero attached hydrogens (tertiary/aromatic N) is 4. The summed E-state index contributed by atoms with van der Waals surface area (Å²) in [6, 6.07) is 7.33. The molecule has 0 bridgehead atoms. The lowest BCUT2D eigenvalue weighted by Gasteiger charge is -2.41. The quantitative estimate of drug-likeness (QED) is 0.0959. The van der Waals surface area contributed by atoms with Crippen LogP contribution in [0.2, 0.25) is 0 Å². The van der Waals surface area contributed by atoms with Crippen LogP contribution in [0.4, 0.5) is 0 Å². The Balaban J connectivity index is 2.24. The van der Waals surface area contributed by atoms with Crippen molar-refractivity contribution in [2.45, 2.75) is 156 Å². The van der Waals surface area contributed by atoms with Crippen LogP contribution in [-0.4, -0.2) is 152 Å². The molecule has 3 amide bonds. The number of hydrogen-bond acceptors (Lipinski definition) is 9. The highest BCUT2D eigenvalue weighted by atomic mass is 16.5. The number of carbonyl (C=O) groups is 5. The van der Waals surface area contributed by atoms with E-state index in [2.05, 4.69) is 63.7 Å². The number of Topliss-reactive ketones (excluding diaryl/α,β-unsaturated/α-hetero) is 1. The lowest BCUT2D eigenvalue weighted by molar-refractivity contribution is -0.149. The number of likely N-dealkylation sites (tertiary alicyclic amines) is 1. The number of nitrogens with one attached hydrogen (secondary N) is 1. The molecule has 0 unspecified atom stereocenters. The van der Waals surface area contributed by atoms with Gasteiger partial charge in [-0.25, -0.2) is 4.79 Å². The Morgan fingerprint density at radius 3 is 1.97 bits per heavy atom. The number of carboxylic acids is 1. The van der Waals surface area contributed by atoms with Gasteiger partial charge in [0.15, 0.2) is 5.78 Å². The third kappa shape index (κ3) is 15.7. The molecule has 1 fully saturated rings. The van der Waals surface area contributed by atoms with Gasteiger partial charge in [0.2, 0.25) is 17.7 Å². The van der Waals surface area contributed by atoms with Gasteiger partial charge >= 0.3 is 5.97 Å². The first-order chi connectivity index (χ1) is 28.7. The molecule has 348 valence electrons. The van der Waals surface area contributed by atoms with E-state index in [9.17, 15) is 29.1 Å². The van der Waals surface area contributed by atoms with E-state index in [-0.39, 0.29) is 60.7 Å². The van der Waals surface area contributed by atoms with Crippen molar-refractivity contribution in [1.82, 2.24) is 24.9 Å². The predicted molar refractivity (Wildman–Crippen MR) is 242 cm³/mol. The van der Waals surface area contributed by atoms with Gasteiger partial charge in [-0.2, -0.15) is 0 Å². The van der Waals surface area contributed by atoms with Crippen LogP contribution in [0.15, 0.2) is 30.3 Å². The molecule has 0 aromatic heterocycles. The number of ketones is 1. The second-order valence-electron chi connectivity index (χ2n) is 18.7. The number of benzene rings is 1. The third-order valence-electron chi connectivity index (χ3n) is 13.3. The first kappa shape index (κ1) is 53.7. The highest BCUT2D eigenvalue weighted by molar-refractivity contribution is 5.90. The Morgan fingerprint density at radius 2 is 1.46 bits per heavy atom. The van der Waals surface area contributed by atoms with E-state index in [0.717, 1.165) is 37.9 Å². The molecule has 1 aliphatic rings. The van der Waals surface area contributed by atoms with E-state index < -0.39 is 54.0 Å². The zero-order chi connectivity index (χ0) is 46.1. The fourth-order valence-corrected chi connectivity index (χ4v) is 9.11.